The minimum absolute atomic E-state index is 0.0704. The quantitative estimate of drug-likeness (QED) is 0.486. The highest BCUT2D eigenvalue weighted by atomic mass is 127. The third-order valence-electron chi connectivity index (χ3n) is 2.55. The number of nitrogens with zero attached hydrogens (tertiary/aromatic N) is 1. The SMILES string of the molecule is CC(C)C(N)CNc1ccc([N+](=O)[O-])cc1I. The molecule has 0 saturated heterocycles. The number of nitro groups is 1. The number of hydrogen-bond acceptors (Lipinski definition) is 4. The number of halogens is 1. The molecule has 0 radical (unpaired) electrons. The summed E-state index contributed by atoms with van der Waals surface area (Å²) in [5.41, 5.74) is 6.91. The van der Waals surface area contributed by atoms with Crippen molar-refractivity contribution in [3.63, 3.8) is 0 Å². The first-order valence-electron chi connectivity index (χ1n) is 5.35. The first-order valence-corrected chi connectivity index (χ1v) is 6.43. The van der Waals surface area contributed by atoms with Crippen molar-refractivity contribution in [1.29, 1.82) is 0 Å². The Morgan fingerprint density at radius 2 is 2.18 bits per heavy atom. The molecule has 6 heteroatoms. The summed E-state index contributed by atoms with van der Waals surface area (Å²) in [6.45, 7) is 4.78. The smallest absolute Gasteiger partial charge is 0.270 e. The molecule has 0 aliphatic rings. The number of anilines is 1. The van der Waals surface area contributed by atoms with E-state index in [1.165, 1.54) is 6.07 Å². The number of nitro benzene ring substituents is 1. The standard InChI is InChI=1S/C11H16IN3O2/c1-7(2)10(13)6-14-11-4-3-8(15(16)17)5-9(11)12/h3-5,7,10,14H,6,13H2,1-2H3. The van der Waals surface area contributed by atoms with Crippen molar-refractivity contribution in [1.82, 2.24) is 0 Å². The monoisotopic (exact) mass is 349 g/mol. The molecule has 0 aromatic heterocycles. The number of non-ortho nitro benzene ring substituents is 1. The predicted octanol–water partition coefficient (Wildman–Crippen LogP) is 2.59. The topological polar surface area (TPSA) is 81.2 Å². The Labute approximate surface area is 114 Å². The van der Waals surface area contributed by atoms with Gasteiger partial charge in [0.25, 0.3) is 5.69 Å². The molecule has 94 valence electrons. The minimum Gasteiger partial charge on any atom is -0.383 e. The fourth-order valence-corrected chi connectivity index (χ4v) is 1.91. The maximum atomic E-state index is 10.6. The zero-order valence-electron chi connectivity index (χ0n) is 9.81. The van der Waals surface area contributed by atoms with Gasteiger partial charge in [0.05, 0.1) is 4.92 Å². The summed E-state index contributed by atoms with van der Waals surface area (Å²) in [6.07, 6.45) is 0. The van der Waals surface area contributed by atoms with Gasteiger partial charge >= 0.3 is 0 Å². The van der Waals surface area contributed by atoms with E-state index in [1.807, 2.05) is 0 Å². The Balaban J connectivity index is 2.70. The normalized spacial score (nSPS) is 12.5. The molecule has 5 nitrogen and oxygen atoms in total. The van der Waals surface area contributed by atoms with Crippen LogP contribution >= 0.6 is 22.6 Å². The largest absolute Gasteiger partial charge is 0.383 e. The average molecular weight is 349 g/mol. The van der Waals surface area contributed by atoms with Gasteiger partial charge in [-0.2, -0.15) is 0 Å². The van der Waals surface area contributed by atoms with Crippen molar-refractivity contribution in [3.8, 4) is 0 Å². The summed E-state index contributed by atoms with van der Waals surface area (Å²) < 4.78 is 0.827. The molecule has 0 amide bonds. The third-order valence-corrected chi connectivity index (χ3v) is 3.44. The van der Waals surface area contributed by atoms with Gasteiger partial charge in [-0.1, -0.05) is 13.8 Å². The molecule has 0 heterocycles. The molecule has 1 aromatic carbocycles. The number of rotatable bonds is 5. The molecule has 0 aliphatic carbocycles. The molecule has 0 saturated carbocycles. The molecule has 1 rings (SSSR count). The molecule has 1 unspecified atom stereocenters. The number of nitrogens with two attached hydrogens (primary N) is 1. The van der Waals surface area contributed by atoms with Crippen LogP contribution in [0.3, 0.4) is 0 Å². The van der Waals surface area contributed by atoms with Crippen LogP contribution in [0.4, 0.5) is 11.4 Å². The molecular formula is C11H16IN3O2. The van der Waals surface area contributed by atoms with Crippen molar-refractivity contribution in [2.45, 2.75) is 19.9 Å². The van der Waals surface area contributed by atoms with Crippen LogP contribution in [0, 0.1) is 19.6 Å². The molecule has 0 bridgehead atoms. The second kappa shape index (κ2) is 6.15. The maximum absolute atomic E-state index is 10.6. The predicted molar refractivity (Wildman–Crippen MR) is 77.1 cm³/mol. The summed E-state index contributed by atoms with van der Waals surface area (Å²) >= 11 is 2.08. The van der Waals surface area contributed by atoms with Gasteiger partial charge in [0.15, 0.2) is 0 Å². The lowest BCUT2D eigenvalue weighted by atomic mass is 10.1. The van der Waals surface area contributed by atoms with Crippen LogP contribution in [0.2, 0.25) is 0 Å². The first-order chi connectivity index (χ1) is 7.91. The molecule has 0 spiro atoms. The van der Waals surface area contributed by atoms with E-state index in [0.29, 0.717) is 12.5 Å². The van der Waals surface area contributed by atoms with Crippen LogP contribution in [0.5, 0.6) is 0 Å². The number of benzene rings is 1. The van der Waals surface area contributed by atoms with Crippen molar-refractivity contribution in [3.05, 3.63) is 31.9 Å². The Bertz CT molecular complexity index is 410. The van der Waals surface area contributed by atoms with E-state index in [-0.39, 0.29) is 11.7 Å². The fourth-order valence-electron chi connectivity index (χ4n) is 1.22. The molecule has 0 fully saturated rings. The van der Waals surface area contributed by atoms with Crippen LogP contribution in [-0.4, -0.2) is 17.5 Å². The summed E-state index contributed by atoms with van der Waals surface area (Å²) in [5, 5.41) is 13.8. The van der Waals surface area contributed by atoms with Gasteiger partial charge in [-0.25, -0.2) is 0 Å². The van der Waals surface area contributed by atoms with Crippen molar-refractivity contribution in [2.24, 2.45) is 11.7 Å². The van der Waals surface area contributed by atoms with Gasteiger partial charge in [0, 0.05) is 34.0 Å². The van der Waals surface area contributed by atoms with Crippen molar-refractivity contribution < 1.29 is 4.92 Å². The van der Waals surface area contributed by atoms with E-state index in [9.17, 15) is 10.1 Å². The van der Waals surface area contributed by atoms with E-state index in [4.69, 9.17) is 5.73 Å². The fraction of sp³-hybridized carbons (Fsp3) is 0.455. The highest BCUT2D eigenvalue weighted by molar-refractivity contribution is 14.1. The molecule has 1 aromatic rings. The van der Waals surface area contributed by atoms with Crippen LogP contribution in [-0.2, 0) is 0 Å². The number of hydrogen-bond donors (Lipinski definition) is 2. The van der Waals surface area contributed by atoms with E-state index in [2.05, 4.69) is 41.8 Å². The van der Waals surface area contributed by atoms with E-state index in [1.54, 1.807) is 12.1 Å². The second-order valence-corrected chi connectivity index (χ2v) is 5.37. The van der Waals surface area contributed by atoms with Gasteiger partial charge in [0.2, 0.25) is 0 Å². The maximum Gasteiger partial charge on any atom is 0.270 e. The van der Waals surface area contributed by atoms with Gasteiger partial charge in [-0.3, -0.25) is 10.1 Å². The van der Waals surface area contributed by atoms with E-state index in [0.717, 1.165) is 9.26 Å². The molecular weight excluding hydrogens is 333 g/mol. The van der Waals surface area contributed by atoms with Crippen molar-refractivity contribution >= 4 is 34.0 Å². The second-order valence-electron chi connectivity index (χ2n) is 4.21. The van der Waals surface area contributed by atoms with Gasteiger partial charge in [0.1, 0.15) is 0 Å². The lowest BCUT2D eigenvalue weighted by Gasteiger charge is -2.17. The zero-order chi connectivity index (χ0) is 13.0. The van der Waals surface area contributed by atoms with Gasteiger partial charge in [-0.05, 0) is 34.6 Å². The summed E-state index contributed by atoms with van der Waals surface area (Å²) in [7, 11) is 0. The molecule has 17 heavy (non-hydrogen) atoms. The Kier molecular flexibility index (Phi) is 5.13. The Morgan fingerprint density at radius 1 is 1.53 bits per heavy atom. The molecule has 1 atom stereocenters. The first kappa shape index (κ1) is 14.2. The van der Waals surface area contributed by atoms with Gasteiger partial charge in [-0.15, -0.1) is 0 Å². The summed E-state index contributed by atoms with van der Waals surface area (Å²) in [5.74, 6) is 0.401. The lowest BCUT2D eigenvalue weighted by Crippen LogP contribution is -2.34. The Hall–Kier alpha value is -0.890. The zero-order valence-corrected chi connectivity index (χ0v) is 12.0. The highest BCUT2D eigenvalue weighted by Gasteiger charge is 2.11. The highest BCUT2D eigenvalue weighted by Crippen LogP contribution is 2.23. The summed E-state index contributed by atoms with van der Waals surface area (Å²) in [4.78, 5) is 10.2. The number of nitrogens with one attached hydrogen (secondary N) is 1. The molecule has 0 aliphatic heterocycles. The van der Waals surface area contributed by atoms with Gasteiger partial charge < -0.3 is 11.1 Å². The minimum atomic E-state index is -0.397. The Morgan fingerprint density at radius 3 is 2.65 bits per heavy atom. The molecule has 3 N–H and O–H groups in total. The third kappa shape index (κ3) is 4.12. The van der Waals surface area contributed by atoms with E-state index < -0.39 is 4.92 Å². The van der Waals surface area contributed by atoms with Crippen LogP contribution in [0.1, 0.15) is 13.8 Å². The summed E-state index contributed by atoms with van der Waals surface area (Å²) in [6, 6.07) is 4.82. The average Bonchev–Trinajstić information content (AvgIpc) is 2.26. The van der Waals surface area contributed by atoms with Crippen molar-refractivity contribution in [2.75, 3.05) is 11.9 Å². The van der Waals surface area contributed by atoms with Crippen LogP contribution < -0.4 is 11.1 Å². The lowest BCUT2D eigenvalue weighted by molar-refractivity contribution is -0.384. The van der Waals surface area contributed by atoms with E-state index >= 15 is 0 Å². The van der Waals surface area contributed by atoms with Crippen LogP contribution in [0.25, 0.3) is 0 Å². The van der Waals surface area contributed by atoms with Crippen LogP contribution in [0.15, 0.2) is 18.2 Å².